The van der Waals surface area contributed by atoms with Crippen LogP contribution >= 0.6 is 0 Å². The average Bonchev–Trinajstić information content (AvgIpc) is 3.48. The van der Waals surface area contributed by atoms with Gasteiger partial charge in [-0.25, -0.2) is 8.42 Å². The molecule has 9 nitrogen and oxygen atoms in total. The third-order valence-corrected chi connectivity index (χ3v) is 9.06. The molecule has 0 bridgehead atoms. The Morgan fingerprint density at radius 2 is 1.68 bits per heavy atom. The van der Waals surface area contributed by atoms with Gasteiger partial charge in [0.25, 0.3) is 5.91 Å². The van der Waals surface area contributed by atoms with E-state index in [4.69, 9.17) is 14.6 Å². The number of amides is 1. The zero-order valence-electron chi connectivity index (χ0n) is 19.4. The summed E-state index contributed by atoms with van der Waals surface area (Å²) in [6.45, 7) is 12.8. The zero-order chi connectivity index (χ0) is 23.9. The third kappa shape index (κ3) is 4.06. The Labute approximate surface area is 200 Å². The molecule has 0 aliphatic carbocycles. The van der Waals surface area contributed by atoms with Crippen molar-refractivity contribution in [3.63, 3.8) is 0 Å². The van der Waals surface area contributed by atoms with Crippen molar-refractivity contribution in [2.45, 2.75) is 37.1 Å². The van der Waals surface area contributed by atoms with E-state index in [-0.39, 0.29) is 28.3 Å². The molecule has 0 radical (unpaired) electrons. The number of carbonyl (C=O) groups excluding carboxylic acids is 1. The summed E-state index contributed by atoms with van der Waals surface area (Å²) in [6.07, 6.45) is 5.85. The molecule has 5 heterocycles. The predicted octanol–water partition coefficient (Wildman–Crippen LogP) is 1.79. The Kier molecular flexibility index (Phi) is 6.49. The van der Waals surface area contributed by atoms with E-state index < -0.39 is 9.84 Å². The minimum atomic E-state index is -3.66. The van der Waals surface area contributed by atoms with Crippen molar-refractivity contribution in [1.82, 2.24) is 19.6 Å². The average molecular weight is 489 g/mol. The molecule has 4 aliphatic rings. The number of hydrogen-bond acceptors (Lipinski definition) is 7. The van der Waals surface area contributed by atoms with Gasteiger partial charge in [-0.05, 0) is 19.3 Å². The maximum Gasteiger partial charge on any atom is 0.274 e. The Balaban J connectivity index is 1.57. The van der Waals surface area contributed by atoms with Crippen LogP contribution in [-0.2, 0) is 25.1 Å². The molecule has 184 valence electrons. The SMILES string of the molecule is C=CC1=C(C=C)S(=O)(=O)Cc2c(C(=O)N3CCOCC3)nn([C@H]3CCN(C4CCOCC4)C3)c21. The third-order valence-electron chi connectivity index (χ3n) is 7.34. The van der Waals surface area contributed by atoms with E-state index >= 15 is 0 Å². The summed E-state index contributed by atoms with van der Waals surface area (Å²) in [5, 5.41) is 4.81. The highest BCUT2D eigenvalue weighted by Crippen LogP contribution is 2.40. The molecule has 0 saturated carbocycles. The minimum absolute atomic E-state index is 0.0460. The second kappa shape index (κ2) is 9.41. The number of morpholine rings is 1. The number of allylic oxidation sites excluding steroid dienone is 3. The number of fused-ring (bicyclic) bond motifs is 1. The van der Waals surface area contributed by atoms with Crippen molar-refractivity contribution in [3.05, 3.63) is 47.2 Å². The largest absolute Gasteiger partial charge is 0.381 e. The Morgan fingerprint density at radius 3 is 2.35 bits per heavy atom. The number of carbonyl (C=O) groups is 1. The van der Waals surface area contributed by atoms with Gasteiger partial charge in [0.2, 0.25) is 0 Å². The fraction of sp³-hybridized carbons (Fsp3) is 0.583. The summed E-state index contributed by atoms with van der Waals surface area (Å²) in [5.41, 5.74) is 1.87. The Bertz CT molecular complexity index is 1130. The lowest BCUT2D eigenvalue weighted by Crippen LogP contribution is -2.41. The summed E-state index contributed by atoms with van der Waals surface area (Å²) in [5.74, 6) is -0.499. The summed E-state index contributed by atoms with van der Waals surface area (Å²) < 4.78 is 39.0. The number of likely N-dealkylation sites (tertiary alicyclic amines) is 1. The van der Waals surface area contributed by atoms with E-state index in [1.165, 1.54) is 6.08 Å². The Morgan fingerprint density at radius 1 is 0.971 bits per heavy atom. The van der Waals surface area contributed by atoms with Gasteiger partial charge in [0.1, 0.15) is 0 Å². The van der Waals surface area contributed by atoms with Gasteiger partial charge in [0.15, 0.2) is 15.5 Å². The summed E-state index contributed by atoms with van der Waals surface area (Å²) in [7, 11) is -3.66. The van der Waals surface area contributed by atoms with Crippen molar-refractivity contribution >= 4 is 21.3 Å². The van der Waals surface area contributed by atoms with Crippen molar-refractivity contribution in [2.75, 3.05) is 52.6 Å². The second-order valence-corrected chi connectivity index (χ2v) is 11.2. The van der Waals surface area contributed by atoms with Gasteiger partial charge in [-0.3, -0.25) is 14.4 Å². The standard InChI is InChI=1S/C24H32N4O5S/c1-3-19-21(4-2)34(30,31)16-20-22(24(29)26-9-13-33-14-10-26)25-28(23(19)20)18-5-8-27(15-18)17-6-11-32-12-7-17/h3-4,17-18H,1-2,5-16H2/t18-/m0/s1. The van der Waals surface area contributed by atoms with Crippen molar-refractivity contribution in [3.8, 4) is 0 Å². The molecule has 1 amide bonds. The fourth-order valence-corrected chi connectivity index (χ4v) is 7.16. The molecule has 5 rings (SSSR count). The number of aromatic nitrogens is 2. The zero-order valence-corrected chi connectivity index (χ0v) is 20.3. The minimum Gasteiger partial charge on any atom is -0.381 e. The highest BCUT2D eigenvalue weighted by molar-refractivity contribution is 7.95. The second-order valence-electron chi connectivity index (χ2n) is 9.25. The van der Waals surface area contributed by atoms with Gasteiger partial charge in [0, 0.05) is 56.6 Å². The van der Waals surface area contributed by atoms with Crippen LogP contribution in [0.5, 0.6) is 0 Å². The smallest absolute Gasteiger partial charge is 0.274 e. The first-order valence-corrected chi connectivity index (χ1v) is 13.6. The van der Waals surface area contributed by atoms with Gasteiger partial charge in [-0.1, -0.05) is 25.3 Å². The molecule has 10 heteroatoms. The summed E-state index contributed by atoms with van der Waals surface area (Å²) in [4.78, 5) is 17.8. The number of rotatable bonds is 5. The van der Waals surface area contributed by atoms with E-state index in [1.54, 1.807) is 11.0 Å². The van der Waals surface area contributed by atoms with Crippen LogP contribution in [0.25, 0.3) is 5.57 Å². The van der Waals surface area contributed by atoms with E-state index in [1.807, 2.05) is 4.68 Å². The number of hydrogen-bond donors (Lipinski definition) is 0. The highest BCUT2D eigenvalue weighted by Gasteiger charge is 2.40. The van der Waals surface area contributed by atoms with Crippen LogP contribution in [-0.4, -0.2) is 92.6 Å². The Hall–Kier alpha value is -2.27. The number of sulfone groups is 1. The van der Waals surface area contributed by atoms with Gasteiger partial charge < -0.3 is 14.4 Å². The molecule has 0 aromatic carbocycles. The van der Waals surface area contributed by atoms with Gasteiger partial charge in [-0.15, -0.1) is 0 Å². The topological polar surface area (TPSA) is 94.0 Å². The quantitative estimate of drug-likeness (QED) is 0.624. The highest BCUT2D eigenvalue weighted by atomic mass is 32.2. The summed E-state index contributed by atoms with van der Waals surface area (Å²) in [6, 6.07) is 0.530. The van der Waals surface area contributed by atoms with Crippen LogP contribution in [0.1, 0.15) is 47.1 Å². The lowest BCUT2D eigenvalue weighted by Gasteiger charge is -2.31. The first-order chi connectivity index (χ1) is 16.4. The summed E-state index contributed by atoms with van der Waals surface area (Å²) >= 11 is 0. The first kappa shape index (κ1) is 23.5. The van der Waals surface area contributed by atoms with Gasteiger partial charge in [0.05, 0.1) is 35.6 Å². The monoisotopic (exact) mass is 488 g/mol. The predicted molar refractivity (Wildman–Crippen MR) is 128 cm³/mol. The van der Waals surface area contributed by atoms with Crippen molar-refractivity contribution < 1.29 is 22.7 Å². The first-order valence-electron chi connectivity index (χ1n) is 12.0. The molecule has 1 aromatic rings. The molecule has 0 spiro atoms. The van der Waals surface area contributed by atoms with Crippen LogP contribution in [0.4, 0.5) is 0 Å². The van der Waals surface area contributed by atoms with Crippen molar-refractivity contribution in [1.29, 1.82) is 0 Å². The lowest BCUT2D eigenvalue weighted by atomic mass is 10.0. The molecule has 1 atom stereocenters. The molecule has 1 aromatic heterocycles. The molecule has 3 fully saturated rings. The normalized spacial score (nSPS) is 25.9. The van der Waals surface area contributed by atoms with Crippen LogP contribution in [0.3, 0.4) is 0 Å². The maximum absolute atomic E-state index is 13.5. The van der Waals surface area contributed by atoms with Crippen LogP contribution in [0.15, 0.2) is 30.2 Å². The van der Waals surface area contributed by atoms with E-state index in [2.05, 4.69) is 18.1 Å². The maximum atomic E-state index is 13.5. The molecule has 4 aliphatic heterocycles. The molecule has 3 saturated heterocycles. The molecule has 0 N–H and O–H groups in total. The van der Waals surface area contributed by atoms with Crippen LogP contribution < -0.4 is 0 Å². The number of ether oxygens (including phenoxy) is 2. The van der Waals surface area contributed by atoms with Crippen molar-refractivity contribution in [2.24, 2.45) is 0 Å². The van der Waals surface area contributed by atoms with Gasteiger partial charge in [-0.2, -0.15) is 5.10 Å². The van der Waals surface area contributed by atoms with E-state index in [9.17, 15) is 13.2 Å². The lowest BCUT2D eigenvalue weighted by molar-refractivity contribution is 0.0297. The molecule has 34 heavy (non-hydrogen) atoms. The molecular formula is C24H32N4O5S. The van der Waals surface area contributed by atoms with E-state index in [0.717, 1.165) is 45.6 Å². The van der Waals surface area contributed by atoms with Crippen LogP contribution in [0, 0.1) is 0 Å². The molecular weight excluding hydrogens is 456 g/mol. The van der Waals surface area contributed by atoms with Gasteiger partial charge >= 0.3 is 0 Å². The fourth-order valence-electron chi connectivity index (χ4n) is 5.58. The molecule has 0 unspecified atom stereocenters. The number of nitrogens with zero attached hydrogens (tertiary/aromatic N) is 4. The van der Waals surface area contributed by atoms with Crippen LogP contribution in [0.2, 0.25) is 0 Å². The van der Waals surface area contributed by atoms with E-state index in [0.29, 0.717) is 49.2 Å².